The highest BCUT2D eigenvalue weighted by atomic mass is 79.9. The second-order valence-corrected chi connectivity index (χ2v) is 7.69. The molecule has 2 heterocycles. The quantitative estimate of drug-likeness (QED) is 0.768. The number of aromatic nitrogens is 1. The summed E-state index contributed by atoms with van der Waals surface area (Å²) in [6.45, 7) is 2.50. The predicted octanol–water partition coefficient (Wildman–Crippen LogP) is 0.318. The largest absolute Gasteiger partial charge is 0.339 e. The molecule has 0 aromatic carbocycles. The van der Waals surface area contributed by atoms with Gasteiger partial charge in [0.25, 0.3) is 0 Å². The van der Waals surface area contributed by atoms with Crippen molar-refractivity contribution in [3.63, 3.8) is 0 Å². The number of carbonyl (C=O) groups excluding carboxylic acids is 1. The Morgan fingerprint density at radius 2 is 2.05 bits per heavy atom. The molecule has 1 aromatic rings. The van der Waals surface area contributed by atoms with Gasteiger partial charge in [0, 0.05) is 50.1 Å². The van der Waals surface area contributed by atoms with Gasteiger partial charge in [-0.2, -0.15) is 4.31 Å². The Hall–Kier alpha value is -0.740. The third kappa shape index (κ3) is 4.63. The van der Waals surface area contributed by atoms with Crippen LogP contribution in [0.5, 0.6) is 0 Å². The standard InChI is InChI=1S/C12H17BrN4O3S.ClH/c1-16(9-12(18)17-4-2-14-3-5-17)21(19,20)11-6-10(13)7-15-8-11;/h6-8,14H,2-5,9H2,1H3;1H. The molecule has 1 aromatic heterocycles. The fourth-order valence-corrected chi connectivity index (χ4v) is 3.63. The first-order valence-corrected chi connectivity index (χ1v) is 8.70. The van der Waals surface area contributed by atoms with E-state index < -0.39 is 10.0 Å². The minimum Gasteiger partial charge on any atom is -0.339 e. The molecule has 1 N–H and O–H groups in total. The number of pyridine rings is 1. The third-order valence-electron chi connectivity index (χ3n) is 3.22. The van der Waals surface area contributed by atoms with Gasteiger partial charge >= 0.3 is 0 Å². The van der Waals surface area contributed by atoms with Gasteiger partial charge in [-0.25, -0.2) is 8.42 Å². The number of carbonyl (C=O) groups is 1. The molecule has 0 atom stereocenters. The van der Waals surface area contributed by atoms with E-state index in [0.29, 0.717) is 17.6 Å². The van der Waals surface area contributed by atoms with Crippen molar-refractivity contribution in [3.8, 4) is 0 Å². The molecule has 1 fully saturated rings. The molecule has 22 heavy (non-hydrogen) atoms. The topological polar surface area (TPSA) is 82.6 Å². The molecule has 1 saturated heterocycles. The molecule has 1 amide bonds. The maximum atomic E-state index is 12.4. The van der Waals surface area contributed by atoms with Crippen molar-refractivity contribution >= 4 is 44.3 Å². The lowest BCUT2D eigenvalue weighted by atomic mass is 10.3. The molecular weight excluding hydrogens is 396 g/mol. The van der Waals surface area contributed by atoms with Crippen molar-refractivity contribution in [2.75, 3.05) is 39.8 Å². The number of nitrogens with zero attached hydrogens (tertiary/aromatic N) is 3. The first-order chi connectivity index (χ1) is 9.91. The number of nitrogens with one attached hydrogen (secondary N) is 1. The number of hydrogen-bond acceptors (Lipinski definition) is 5. The van der Waals surface area contributed by atoms with Crippen molar-refractivity contribution < 1.29 is 13.2 Å². The van der Waals surface area contributed by atoms with Crippen LogP contribution in [0, 0.1) is 0 Å². The van der Waals surface area contributed by atoms with Gasteiger partial charge in [0.15, 0.2) is 0 Å². The molecule has 10 heteroatoms. The summed E-state index contributed by atoms with van der Waals surface area (Å²) in [5.41, 5.74) is 0. The second kappa shape index (κ2) is 8.21. The molecule has 124 valence electrons. The van der Waals surface area contributed by atoms with E-state index in [1.54, 1.807) is 4.90 Å². The molecular formula is C12H18BrClN4O3S. The van der Waals surface area contributed by atoms with Crippen molar-refractivity contribution in [2.45, 2.75) is 4.90 Å². The molecule has 0 aliphatic carbocycles. The molecule has 0 unspecified atom stereocenters. The molecule has 7 nitrogen and oxygen atoms in total. The minimum absolute atomic E-state index is 0. The Balaban J connectivity index is 0.00000242. The number of likely N-dealkylation sites (N-methyl/N-ethyl adjacent to an activating group) is 1. The summed E-state index contributed by atoms with van der Waals surface area (Å²) in [5, 5.41) is 3.15. The summed E-state index contributed by atoms with van der Waals surface area (Å²) in [7, 11) is -2.32. The van der Waals surface area contributed by atoms with Gasteiger partial charge in [0.2, 0.25) is 15.9 Å². The van der Waals surface area contributed by atoms with E-state index in [4.69, 9.17) is 0 Å². The average molecular weight is 414 g/mol. The lowest BCUT2D eigenvalue weighted by Crippen LogP contribution is -2.49. The summed E-state index contributed by atoms with van der Waals surface area (Å²) >= 11 is 3.19. The highest BCUT2D eigenvalue weighted by molar-refractivity contribution is 9.10. The zero-order valence-electron chi connectivity index (χ0n) is 12.0. The first-order valence-electron chi connectivity index (χ1n) is 6.46. The van der Waals surface area contributed by atoms with E-state index >= 15 is 0 Å². The van der Waals surface area contributed by atoms with Gasteiger partial charge < -0.3 is 10.2 Å². The van der Waals surface area contributed by atoms with Crippen molar-refractivity contribution in [1.29, 1.82) is 0 Å². The van der Waals surface area contributed by atoms with E-state index in [2.05, 4.69) is 26.2 Å². The van der Waals surface area contributed by atoms with Crippen LogP contribution < -0.4 is 5.32 Å². The smallest absolute Gasteiger partial charge is 0.244 e. The molecule has 0 radical (unpaired) electrons. The lowest BCUT2D eigenvalue weighted by Gasteiger charge is -2.29. The number of halogens is 2. The van der Waals surface area contributed by atoms with Crippen LogP contribution in [0.2, 0.25) is 0 Å². The monoisotopic (exact) mass is 412 g/mol. The number of piperazine rings is 1. The Morgan fingerprint density at radius 1 is 1.41 bits per heavy atom. The maximum Gasteiger partial charge on any atom is 0.244 e. The Morgan fingerprint density at radius 3 is 2.64 bits per heavy atom. The zero-order chi connectivity index (χ0) is 15.5. The highest BCUT2D eigenvalue weighted by Gasteiger charge is 2.26. The zero-order valence-corrected chi connectivity index (χ0v) is 15.2. The van der Waals surface area contributed by atoms with E-state index in [9.17, 15) is 13.2 Å². The van der Waals surface area contributed by atoms with Crippen LogP contribution in [0.15, 0.2) is 27.8 Å². The second-order valence-electron chi connectivity index (χ2n) is 4.73. The van der Waals surface area contributed by atoms with Gasteiger partial charge in [-0.15, -0.1) is 12.4 Å². The van der Waals surface area contributed by atoms with E-state index in [-0.39, 0.29) is 29.8 Å². The summed E-state index contributed by atoms with van der Waals surface area (Å²) in [6.07, 6.45) is 2.77. The summed E-state index contributed by atoms with van der Waals surface area (Å²) in [6, 6.07) is 1.47. The fourth-order valence-electron chi connectivity index (χ4n) is 2.00. The highest BCUT2D eigenvalue weighted by Crippen LogP contribution is 2.17. The maximum absolute atomic E-state index is 12.4. The summed E-state index contributed by atoms with van der Waals surface area (Å²) in [4.78, 5) is 17.7. The van der Waals surface area contributed by atoms with Crippen LogP contribution >= 0.6 is 28.3 Å². The summed E-state index contributed by atoms with van der Waals surface area (Å²) in [5.74, 6) is -0.189. The van der Waals surface area contributed by atoms with Gasteiger partial charge in [-0.05, 0) is 22.0 Å². The summed E-state index contributed by atoms with van der Waals surface area (Å²) < 4.78 is 26.4. The SMILES string of the molecule is CN(CC(=O)N1CCNCC1)S(=O)(=O)c1cncc(Br)c1.Cl. The minimum atomic E-state index is -3.72. The molecule has 0 spiro atoms. The number of amides is 1. The number of sulfonamides is 1. The number of hydrogen-bond donors (Lipinski definition) is 1. The van der Waals surface area contributed by atoms with Gasteiger partial charge in [0.1, 0.15) is 4.90 Å². The van der Waals surface area contributed by atoms with E-state index in [1.165, 1.54) is 25.5 Å². The van der Waals surface area contributed by atoms with Gasteiger partial charge in [-0.1, -0.05) is 0 Å². The van der Waals surface area contributed by atoms with Crippen molar-refractivity contribution in [2.24, 2.45) is 0 Å². The van der Waals surface area contributed by atoms with Gasteiger partial charge in [0.05, 0.1) is 6.54 Å². The molecule has 2 rings (SSSR count). The van der Waals surface area contributed by atoms with E-state index in [1.807, 2.05) is 0 Å². The van der Waals surface area contributed by atoms with Crippen LogP contribution in [0.4, 0.5) is 0 Å². The molecule has 1 aliphatic heterocycles. The average Bonchev–Trinajstić information content (AvgIpc) is 2.48. The van der Waals surface area contributed by atoms with E-state index in [0.717, 1.165) is 17.4 Å². The van der Waals surface area contributed by atoms with Crippen LogP contribution in [0.1, 0.15) is 0 Å². The normalized spacial score (nSPS) is 15.5. The predicted molar refractivity (Wildman–Crippen MR) is 88.5 cm³/mol. The Kier molecular flexibility index (Phi) is 7.20. The first kappa shape index (κ1) is 19.3. The molecule has 1 aliphatic rings. The van der Waals surface area contributed by atoms with Crippen LogP contribution in [-0.2, 0) is 14.8 Å². The lowest BCUT2D eigenvalue weighted by molar-refractivity contribution is -0.131. The Labute approximate surface area is 144 Å². The van der Waals surface area contributed by atoms with Crippen LogP contribution in [0.3, 0.4) is 0 Å². The molecule has 0 saturated carbocycles. The molecule has 0 bridgehead atoms. The van der Waals surface area contributed by atoms with Gasteiger partial charge in [-0.3, -0.25) is 9.78 Å². The van der Waals surface area contributed by atoms with Crippen molar-refractivity contribution in [1.82, 2.24) is 19.5 Å². The van der Waals surface area contributed by atoms with Crippen molar-refractivity contribution in [3.05, 3.63) is 22.9 Å². The van der Waals surface area contributed by atoms with Crippen LogP contribution in [0.25, 0.3) is 0 Å². The Bertz CT molecular complexity index is 623. The fraction of sp³-hybridized carbons (Fsp3) is 0.500. The van der Waals surface area contributed by atoms with Crippen LogP contribution in [-0.4, -0.2) is 68.3 Å². The number of rotatable bonds is 4. The third-order valence-corrected chi connectivity index (χ3v) is 5.42.